The molecule has 0 saturated heterocycles. The van der Waals surface area contributed by atoms with E-state index >= 15 is 0 Å². The van der Waals surface area contributed by atoms with Gasteiger partial charge in [0.1, 0.15) is 11.6 Å². The van der Waals surface area contributed by atoms with E-state index in [1.54, 1.807) is 12.1 Å². The summed E-state index contributed by atoms with van der Waals surface area (Å²) in [6.07, 6.45) is 0. The molecule has 0 spiro atoms. The highest BCUT2D eigenvalue weighted by molar-refractivity contribution is 6.30. The quantitative estimate of drug-likeness (QED) is 0.879. The van der Waals surface area contributed by atoms with Crippen LogP contribution in [0.2, 0.25) is 5.02 Å². The largest absolute Gasteiger partial charge is 0.464 e. The maximum absolute atomic E-state index is 13.0. The van der Waals surface area contributed by atoms with E-state index in [2.05, 4.69) is 20.3 Å². The van der Waals surface area contributed by atoms with Gasteiger partial charge in [-0.25, -0.2) is 9.18 Å². The Hall–Kier alpha value is -2.21. The number of ether oxygens (including phenoxy) is 1. The molecule has 5 nitrogen and oxygen atoms in total. The molecule has 2 rings (SSSR count). The lowest BCUT2D eigenvalue weighted by molar-refractivity contribution is 0.0593. The summed E-state index contributed by atoms with van der Waals surface area (Å²) >= 11 is 5.69. The number of hydrogen-bond acceptors (Lipinski definition) is 5. The first-order valence-corrected chi connectivity index (χ1v) is 6.08. The Morgan fingerprint density at radius 3 is 2.75 bits per heavy atom. The average Bonchev–Trinajstić information content (AvgIpc) is 2.48. The van der Waals surface area contributed by atoms with Crippen LogP contribution < -0.4 is 5.32 Å². The Morgan fingerprint density at radius 1 is 1.35 bits per heavy atom. The summed E-state index contributed by atoms with van der Waals surface area (Å²) in [4.78, 5) is 11.2. The van der Waals surface area contributed by atoms with Gasteiger partial charge in [0.25, 0.3) is 0 Å². The van der Waals surface area contributed by atoms with Crippen molar-refractivity contribution in [3.05, 3.63) is 52.4 Å². The number of hydrogen-bond donors (Lipinski definition) is 1. The lowest BCUT2D eigenvalue weighted by Crippen LogP contribution is -2.08. The molecule has 0 radical (unpaired) electrons. The molecule has 0 amide bonds. The Balaban J connectivity index is 2.00. The number of nitrogens with zero attached hydrogens (tertiary/aromatic N) is 2. The molecule has 1 heterocycles. The lowest BCUT2D eigenvalue weighted by Gasteiger charge is -2.06. The third-order valence-corrected chi connectivity index (χ3v) is 2.81. The van der Waals surface area contributed by atoms with Crippen molar-refractivity contribution >= 4 is 23.4 Å². The minimum atomic E-state index is -0.547. The molecule has 0 bridgehead atoms. The van der Waals surface area contributed by atoms with E-state index in [4.69, 9.17) is 11.6 Å². The van der Waals surface area contributed by atoms with Crippen LogP contribution in [0.25, 0.3) is 0 Å². The van der Waals surface area contributed by atoms with Gasteiger partial charge in [0.15, 0.2) is 5.69 Å². The van der Waals surface area contributed by atoms with Gasteiger partial charge in [0.2, 0.25) is 0 Å². The minimum Gasteiger partial charge on any atom is -0.464 e. The normalized spacial score (nSPS) is 10.2. The number of methoxy groups -OCH3 is 1. The maximum atomic E-state index is 13.0. The monoisotopic (exact) mass is 295 g/mol. The molecular weight excluding hydrogens is 285 g/mol. The van der Waals surface area contributed by atoms with Gasteiger partial charge in [-0.1, -0.05) is 17.7 Å². The van der Waals surface area contributed by atoms with Gasteiger partial charge in [0, 0.05) is 6.54 Å². The first kappa shape index (κ1) is 14.2. The first-order chi connectivity index (χ1) is 9.60. The number of esters is 1. The van der Waals surface area contributed by atoms with Gasteiger partial charge in [-0.3, -0.25) is 0 Å². The van der Waals surface area contributed by atoms with Crippen LogP contribution in [0.15, 0.2) is 30.3 Å². The molecule has 0 fully saturated rings. The van der Waals surface area contributed by atoms with Gasteiger partial charge < -0.3 is 10.1 Å². The molecule has 0 atom stereocenters. The van der Waals surface area contributed by atoms with Crippen LogP contribution >= 0.6 is 11.6 Å². The highest BCUT2D eigenvalue weighted by Crippen LogP contribution is 2.16. The average molecular weight is 296 g/mol. The number of carbonyl (C=O) groups is 1. The highest BCUT2D eigenvalue weighted by atomic mass is 35.5. The SMILES string of the molecule is COC(=O)c1ccc(NCc2ccc(F)c(Cl)c2)nn1. The number of carbonyl (C=O) groups excluding carboxylic acids is 1. The number of halogens is 2. The van der Waals surface area contributed by atoms with Crippen molar-refractivity contribution in [1.82, 2.24) is 10.2 Å². The maximum Gasteiger partial charge on any atom is 0.358 e. The van der Waals surface area contributed by atoms with Crippen molar-refractivity contribution < 1.29 is 13.9 Å². The fourth-order valence-electron chi connectivity index (χ4n) is 1.48. The van der Waals surface area contributed by atoms with Crippen LogP contribution in [0, 0.1) is 5.82 Å². The van der Waals surface area contributed by atoms with Crippen LogP contribution in [-0.2, 0) is 11.3 Å². The molecule has 2 aromatic rings. The molecule has 7 heteroatoms. The second-order valence-electron chi connectivity index (χ2n) is 3.90. The molecular formula is C13H11ClFN3O2. The molecule has 0 saturated carbocycles. The molecule has 0 aliphatic carbocycles. The van der Waals surface area contributed by atoms with Crippen molar-refractivity contribution in [3.63, 3.8) is 0 Å². The fraction of sp³-hybridized carbons (Fsp3) is 0.154. The van der Waals surface area contributed by atoms with E-state index < -0.39 is 11.8 Å². The highest BCUT2D eigenvalue weighted by Gasteiger charge is 2.07. The predicted molar refractivity (Wildman–Crippen MR) is 72.1 cm³/mol. The lowest BCUT2D eigenvalue weighted by atomic mass is 10.2. The summed E-state index contributed by atoms with van der Waals surface area (Å²) in [7, 11) is 1.27. The summed E-state index contributed by atoms with van der Waals surface area (Å²) in [5, 5.41) is 10.6. The molecule has 20 heavy (non-hydrogen) atoms. The third kappa shape index (κ3) is 3.42. The van der Waals surface area contributed by atoms with Gasteiger partial charge in [-0.15, -0.1) is 10.2 Å². The van der Waals surface area contributed by atoms with Crippen molar-refractivity contribution in [2.24, 2.45) is 0 Å². The number of aromatic nitrogens is 2. The van der Waals surface area contributed by atoms with Gasteiger partial charge >= 0.3 is 5.97 Å². The smallest absolute Gasteiger partial charge is 0.358 e. The molecule has 0 aliphatic rings. The summed E-state index contributed by atoms with van der Waals surface area (Å²) in [6.45, 7) is 0.409. The van der Waals surface area contributed by atoms with Crippen LogP contribution in [0.4, 0.5) is 10.2 Å². The summed E-state index contributed by atoms with van der Waals surface area (Å²) in [5.74, 6) is -0.523. The number of nitrogens with one attached hydrogen (secondary N) is 1. The van der Waals surface area contributed by atoms with Crippen LogP contribution in [-0.4, -0.2) is 23.3 Å². The Labute approximate surface area is 119 Å². The standard InChI is InChI=1S/C13H11ClFN3O2/c1-20-13(19)11-4-5-12(18-17-11)16-7-8-2-3-10(15)9(14)6-8/h2-6H,7H2,1H3,(H,16,18). The van der Waals surface area contributed by atoms with Gasteiger partial charge in [-0.05, 0) is 29.8 Å². The zero-order valence-corrected chi connectivity index (χ0v) is 11.3. The topological polar surface area (TPSA) is 64.1 Å². The predicted octanol–water partition coefficient (Wildman–Crippen LogP) is 2.67. The Morgan fingerprint density at radius 2 is 2.15 bits per heavy atom. The van der Waals surface area contributed by atoms with Crippen LogP contribution in [0.5, 0.6) is 0 Å². The molecule has 0 unspecified atom stereocenters. The van der Waals surface area contributed by atoms with Crippen molar-refractivity contribution in [3.8, 4) is 0 Å². The Bertz CT molecular complexity index is 620. The van der Waals surface area contributed by atoms with Crippen molar-refractivity contribution in [2.45, 2.75) is 6.54 Å². The van der Waals surface area contributed by atoms with Gasteiger partial charge in [-0.2, -0.15) is 0 Å². The van der Waals surface area contributed by atoms with E-state index in [1.807, 2.05) is 0 Å². The second kappa shape index (κ2) is 6.29. The van der Waals surface area contributed by atoms with E-state index in [0.717, 1.165) is 5.56 Å². The summed E-state index contributed by atoms with van der Waals surface area (Å²) in [6, 6.07) is 7.54. The summed E-state index contributed by atoms with van der Waals surface area (Å²) in [5.41, 5.74) is 0.929. The van der Waals surface area contributed by atoms with E-state index in [9.17, 15) is 9.18 Å². The third-order valence-electron chi connectivity index (χ3n) is 2.52. The zero-order valence-electron chi connectivity index (χ0n) is 10.6. The molecule has 1 aromatic heterocycles. The molecule has 104 valence electrons. The van der Waals surface area contributed by atoms with Crippen LogP contribution in [0.3, 0.4) is 0 Å². The first-order valence-electron chi connectivity index (χ1n) is 5.70. The Kier molecular flexibility index (Phi) is 4.47. The van der Waals surface area contributed by atoms with Crippen LogP contribution in [0.1, 0.15) is 16.1 Å². The second-order valence-corrected chi connectivity index (χ2v) is 4.30. The number of rotatable bonds is 4. The molecule has 0 aliphatic heterocycles. The summed E-state index contributed by atoms with van der Waals surface area (Å²) < 4.78 is 17.5. The van der Waals surface area contributed by atoms with Crippen molar-refractivity contribution in [1.29, 1.82) is 0 Å². The van der Waals surface area contributed by atoms with Crippen molar-refractivity contribution in [2.75, 3.05) is 12.4 Å². The number of benzene rings is 1. The molecule has 1 N–H and O–H groups in total. The van der Waals surface area contributed by atoms with E-state index in [1.165, 1.54) is 25.3 Å². The number of anilines is 1. The molecule has 1 aromatic carbocycles. The van der Waals surface area contributed by atoms with E-state index in [0.29, 0.717) is 12.4 Å². The fourth-order valence-corrected chi connectivity index (χ4v) is 1.69. The zero-order chi connectivity index (χ0) is 14.5. The van der Waals surface area contributed by atoms with E-state index in [-0.39, 0.29) is 10.7 Å². The minimum absolute atomic E-state index is 0.0661. The van der Waals surface area contributed by atoms with Gasteiger partial charge in [0.05, 0.1) is 12.1 Å².